The molecule has 35 heavy (non-hydrogen) atoms. The van der Waals surface area contributed by atoms with Crippen molar-refractivity contribution in [3.63, 3.8) is 0 Å². The van der Waals surface area contributed by atoms with Crippen molar-refractivity contribution in [1.82, 2.24) is 15.1 Å². The highest BCUT2D eigenvalue weighted by Gasteiger charge is 2.16. The second kappa shape index (κ2) is 14.7. The molecule has 188 valence electrons. The summed E-state index contributed by atoms with van der Waals surface area (Å²) in [5, 5.41) is 8.65. The molecule has 1 aliphatic heterocycles. The lowest BCUT2D eigenvalue weighted by atomic mass is 10.2. The Labute approximate surface area is 228 Å². The predicted molar refractivity (Wildman–Crippen MR) is 153 cm³/mol. The molecule has 0 aromatic heterocycles. The molecule has 1 aliphatic rings. The van der Waals surface area contributed by atoms with Crippen LogP contribution in [0.4, 0.5) is 5.69 Å². The maximum Gasteiger partial charge on any atom is 0.243 e. The van der Waals surface area contributed by atoms with E-state index in [1.165, 1.54) is 6.08 Å². The van der Waals surface area contributed by atoms with Crippen LogP contribution in [0.5, 0.6) is 0 Å². The fraction of sp³-hybridized carbons (Fsp3) is 0.385. The van der Waals surface area contributed by atoms with E-state index < -0.39 is 0 Å². The molecule has 0 aliphatic carbocycles. The summed E-state index contributed by atoms with van der Waals surface area (Å²) in [6.07, 6.45) is 7.48. The third kappa shape index (κ3) is 9.98. The number of anilines is 1. The van der Waals surface area contributed by atoms with Crippen LogP contribution >= 0.6 is 47.0 Å². The van der Waals surface area contributed by atoms with Crippen molar-refractivity contribution in [3.05, 3.63) is 69.2 Å². The SMILES string of the molecule is O=C(/C=C/c1ccc(Cl)c(Cl)c1)NCCCCCN1CCCN(C(=S)Nc2cccc(Cl)c2)CC1. The minimum absolute atomic E-state index is 0.106. The molecule has 2 aromatic rings. The number of carbonyl (C=O) groups is 1. The number of nitrogens with zero attached hydrogens (tertiary/aromatic N) is 2. The highest BCUT2D eigenvalue weighted by atomic mass is 35.5. The number of unbranched alkanes of at least 4 members (excludes halogenated alkanes) is 2. The molecule has 9 heteroatoms. The van der Waals surface area contributed by atoms with E-state index in [0.29, 0.717) is 21.6 Å². The number of hydrogen-bond donors (Lipinski definition) is 2. The van der Waals surface area contributed by atoms with Crippen molar-refractivity contribution in [3.8, 4) is 0 Å². The standard InChI is InChI=1S/C26H31Cl3N4OS/c27-21-6-4-7-22(19-21)31-26(35)33-15-5-14-32(16-17-33)13-3-1-2-12-30-25(34)11-9-20-8-10-23(28)24(29)18-20/h4,6-11,18-19H,1-3,5,12-17H2,(H,30,34)(H,31,35)/b11-9+. The largest absolute Gasteiger partial charge is 0.353 e. The van der Waals surface area contributed by atoms with E-state index in [1.54, 1.807) is 18.2 Å². The molecule has 5 nitrogen and oxygen atoms in total. The quantitative estimate of drug-likeness (QED) is 0.215. The van der Waals surface area contributed by atoms with Gasteiger partial charge in [-0.3, -0.25) is 4.79 Å². The molecule has 1 saturated heterocycles. The molecule has 0 unspecified atom stereocenters. The summed E-state index contributed by atoms with van der Waals surface area (Å²) in [4.78, 5) is 16.7. The molecule has 0 spiro atoms. The maximum absolute atomic E-state index is 12.0. The third-order valence-corrected chi connectivity index (χ3v) is 7.11. The Hall–Kier alpha value is -1.83. The van der Waals surface area contributed by atoms with Crippen LogP contribution in [0.3, 0.4) is 0 Å². The van der Waals surface area contributed by atoms with Crippen LogP contribution in [-0.4, -0.2) is 60.1 Å². The van der Waals surface area contributed by atoms with Gasteiger partial charge in [-0.25, -0.2) is 0 Å². The Kier molecular flexibility index (Phi) is 11.6. The van der Waals surface area contributed by atoms with E-state index in [1.807, 2.05) is 30.3 Å². The summed E-state index contributed by atoms with van der Waals surface area (Å²) in [6.45, 7) is 5.66. The van der Waals surface area contributed by atoms with Gasteiger partial charge in [-0.2, -0.15) is 0 Å². The molecule has 0 radical (unpaired) electrons. The first-order valence-corrected chi connectivity index (χ1v) is 13.4. The first-order valence-electron chi connectivity index (χ1n) is 11.9. The average molecular weight is 554 g/mol. The van der Waals surface area contributed by atoms with Crippen molar-refractivity contribution in [2.24, 2.45) is 0 Å². The second-order valence-corrected chi connectivity index (χ2v) is 10.1. The summed E-state index contributed by atoms with van der Waals surface area (Å²) in [6, 6.07) is 12.9. The molecule has 3 rings (SSSR count). The first kappa shape index (κ1) is 27.8. The highest BCUT2D eigenvalue weighted by Crippen LogP contribution is 2.23. The van der Waals surface area contributed by atoms with Crippen LogP contribution < -0.4 is 10.6 Å². The maximum atomic E-state index is 12.0. The van der Waals surface area contributed by atoms with E-state index in [9.17, 15) is 4.79 Å². The summed E-state index contributed by atoms with van der Waals surface area (Å²) in [5.41, 5.74) is 1.76. The van der Waals surface area contributed by atoms with Crippen LogP contribution in [0.2, 0.25) is 15.1 Å². The summed E-state index contributed by atoms with van der Waals surface area (Å²) >= 11 is 23.6. The number of nitrogens with one attached hydrogen (secondary N) is 2. The Morgan fingerprint density at radius 3 is 2.63 bits per heavy atom. The number of hydrogen-bond acceptors (Lipinski definition) is 3. The van der Waals surface area contributed by atoms with Crippen LogP contribution in [0.25, 0.3) is 6.08 Å². The molecule has 0 atom stereocenters. The Morgan fingerprint density at radius 2 is 1.83 bits per heavy atom. The molecular weight excluding hydrogens is 523 g/mol. The minimum atomic E-state index is -0.106. The van der Waals surface area contributed by atoms with E-state index in [0.717, 1.165) is 74.8 Å². The van der Waals surface area contributed by atoms with E-state index in [-0.39, 0.29) is 5.91 Å². The van der Waals surface area contributed by atoms with Gasteiger partial charge in [0.25, 0.3) is 0 Å². The first-order chi connectivity index (χ1) is 16.9. The lowest BCUT2D eigenvalue weighted by Gasteiger charge is -2.24. The van der Waals surface area contributed by atoms with Gasteiger partial charge in [0.2, 0.25) is 5.91 Å². The Bertz CT molecular complexity index is 1030. The molecule has 0 bridgehead atoms. The fourth-order valence-electron chi connectivity index (χ4n) is 3.86. The average Bonchev–Trinajstić information content (AvgIpc) is 3.08. The van der Waals surface area contributed by atoms with Crippen LogP contribution in [0, 0.1) is 0 Å². The Morgan fingerprint density at radius 1 is 0.971 bits per heavy atom. The highest BCUT2D eigenvalue weighted by molar-refractivity contribution is 7.80. The third-order valence-electron chi connectivity index (χ3n) is 5.77. The van der Waals surface area contributed by atoms with E-state index in [2.05, 4.69) is 20.4 Å². The molecule has 1 heterocycles. The number of carbonyl (C=O) groups excluding carboxylic acids is 1. The Balaban J connectivity index is 1.27. The molecule has 1 amide bonds. The van der Waals surface area contributed by atoms with Gasteiger partial charge in [-0.1, -0.05) is 53.4 Å². The van der Waals surface area contributed by atoms with Crippen molar-refractivity contribution < 1.29 is 4.79 Å². The number of benzene rings is 2. The van der Waals surface area contributed by atoms with Gasteiger partial charge in [0.05, 0.1) is 10.0 Å². The molecular formula is C26H31Cl3N4OS. The fourth-order valence-corrected chi connectivity index (χ4v) is 4.66. The van der Waals surface area contributed by atoms with Gasteiger partial charge >= 0.3 is 0 Å². The molecule has 0 saturated carbocycles. The zero-order valence-corrected chi connectivity index (χ0v) is 22.7. The van der Waals surface area contributed by atoms with Gasteiger partial charge in [0.1, 0.15) is 0 Å². The van der Waals surface area contributed by atoms with E-state index in [4.69, 9.17) is 47.0 Å². The second-order valence-electron chi connectivity index (χ2n) is 8.48. The van der Waals surface area contributed by atoms with Crippen molar-refractivity contribution in [2.45, 2.75) is 25.7 Å². The monoisotopic (exact) mass is 552 g/mol. The van der Waals surface area contributed by atoms with E-state index >= 15 is 0 Å². The molecule has 2 aromatic carbocycles. The zero-order chi connectivity index (χ0) is 25.0. The zero-order valence-electron chi connectivity index (χ0n) is 19.6. The van der Waals surface area contributed by atoms with Crippen molar-refractivity contribution >= 4 is 69.8 Å². The normalized spacial score (nSPS) is 14.7. The van der Waals surface area contributed by atoms with Crippen molar-refractivity contribution in [2.75, 3.05) is 44.6 Å². The van der Waals surface area contributed by atoms with Crippen LogP contribution in [0.1, 0.15) is 31.2 Å². The van der Waals surface area contributed by atoms with Gasteiger partial charge in [0, 0.05) is 43.0 Å². The minimum Gasteiger partial charge on any atom is -0.353 e. The number of thiocarbonyl (C=S) groups is 1. The summed E-state index contributed by atoms with van der Waals surface area (Å²) in [7, 11) is 0. The topological polar surface area (TPSA) is 47.6 Å². The lowest BCUT2D eigenvalue weighted by molar-refractivity contribution is -0.116. The smallest absolute Gasteiger partial charge is 0.243 e. The predicted octanol–water partition coefficient (Wildman–Crippen LogP) is 6.35. The van der Waals surface area contributed by atoms with Gasteiger partial charge in [-0.15, -0.1) is 0 Å². The summed E-state index contributed by atoms with van der Waals surface area (Å²) < 4.78 is 0. The van der Waals surface area contributed by atoms with Crippen molar-refractivity contribution in [1.29, 1.82) is 0 Å². The number of halogens is 3. The van der Waals surface area contributed by atoms with Gasteiger partial charge < -0.3 is 20.4 Å². The van der Waals surface area contributed by atoms with Gasteiger partial charge in [-0.05, 0) is 86.5 Å². The number of amides is 1. The van der Waals surface area contributed by atoms with Crippen LogP contribution in [0.15, 0.2) is 48.5 Å². The lowest BCUT2D eigenvalue weighted by Crippen LogP contribution is -2.38. The van der Waals surface area contributed by atoms with Gasteiger partial charge in [0.15, 0.2) is 5.11 Å². The molecule has 1 fully saturated rings. The van der Waals surface area contributed by atoms with Crippen LogP contribution in [-0.2, 0) is 4.79 Å². The molecule has 2 N–H and O–H groups in total. The summed E-state index contributed by atoms with van der Waals surface area (Å²) in [5.74, 6) is -0.106. The number of rotatable bonds is 9.